The molecule has 1 amide bonds. The molecule has 22 heavy (non-hydrogen) atoms. The lowest BCUT2D eigenvalue weighted by molar-refractivity contribution is -0.122. The zero-order chi connectivity index (χ0) is 16.3. The Morgan fingerprint density at radius 3 is 2.45 bits per heavy atom. The third-order valence-electron chi connectivity index (χ3n) is 3.34. The molecule has 2 aromatic carbocycles. The zero-order valence-electron chi connectivity index (χ0n) is 12.8. The van der Waals surface area contributed by atoms with Gasteiger partial charge in [0, 0.05) is 5.69 Å². The minimum Gasteiger partial charge on any atom is -0.480 e. The lowest BCUT2D eigenvalue weighted by Gasteiger charge is -2.18. The number of carbonyl (C=O) groups is 1. The molecule has 2 rings (SSSR count). The van der Waals surface area contributed by atoms with Crippen molar-refractivity contribution in [1.29, 1.82) is 0 Å². The monoisotopic (exact) mass is 318 g/mol. The van der Waals surface area contributed by atoms with Crippen molar-refractivity contribution < 1.29 is 9.53 Å². The molecular weight excluding hydrogens is 300 g/mol. The number of nitrogens with one attached hydrogen (secondary N) is 1. The third kappa shape index (κ3) is 3.71. The highest BCUT2D eigenvalue weighted by Crippen LogP contribution is 2.25. The second-order valence-electron chi connectivity index (χ2n) is 5.21. The summed E-state index contributed by atoms with van der Waals surface area (Å²) < 4.78 is 5.79. The van der Waals surface area contributed by atoms with Crippen LogP contribution in [0.1, 0.15) is 18.1 Å². The van der Waals surface area contributed by atoms with Crippen molar-refractivity contribution in [2.75, 3.05) is 11.1 Å². The van der Waals surface area contributed by atoms with Gasteiger partial charge in [-0.2, -0.15) is 0 Å². The van der Waals surface area contributed by atoms with Gasteiger partial charge in [0.05, 0.1) is 10.7 Å². The Labute approximate surface area is 135 Å². The maximum Gasteiger partial charge on any atom is 0.265 e. The van der Waals surface area contributed by atoms with Gasteiger partial charge in [0.1, 0.15) is 5.75 Å². The van der Waals surface area contributed by atoms with Gasteiger partial charge in [0.25, 0.3) is 5.91 Å². The van der Waals surface area contributed by atoms with Crippen molar-refractivity contribution in [3.63, 3.8) is 0 Å². The molecule has 0 radical (unpaired) electrons. The number of carbonyl (C=O) groups excluding carboxylic acids is 1. The number of halogens is 1. The van der Waals surface area contributed by atoms with Crippen molar-refractivity contribution in [3.05, 3.63) is 52.5 Å². The maximum absolute atomic E-state index is 12.2. The predicted molar refractivity (Wildman–Crippen MR) is 90.5 cm³/mol. The molecule has 0 saturated heterocycles. The van der Waals surface area contributed by atoms with E-state index < -0.39 is 6.10 Å². The summed E-state index contributed by atoms with van der Waals surface area (Å²) in [7, 11) is 0. The van der Waals surface area contributed by atoms with E-state index in [1.165, 1.54) is 0 Å². The first-order valence-electron chi connectivity index (χ1n) is 6.97. The molecule has 0 bridgehead atoms. The predicted octanol–water partition coefficient (Wildman–Crippen LogP) is 3.95. The van der Waals surface area contributed by atoms with Crippen molar-refractivity contribution in [2.24, 2.45) is 0 Å². The fourth-order valence-electron chi connectivity index (χ4n) is 2.08. The molecule has 0 heterocycles. The molecule has 0 saturated carbocycles. The van der Waals surface area contributed by atoms with E-state index in [0.29, 0.717) is 16.4 Å². The molecule has 0 aromatic heterocycles. The smallest absolute Gasteiger partial charge is 0.265 e. The van der Waals surface area contributed by atoms with Gasteiger partial charge in [-0.05, 0) is 50.1 Å². The van der Waals surface area contributed by atoms with Crippen LogP contribution >= 0.6 is 11.6 Å². The Balaban J connectivity index is 2.07. The highest BCUT2D eigenvalue weighted by Gasteiger charge is 2.17. The summed E-state index contributed by atoms with van der Waals surface area (Å²) in [6, 6.07) is 10.8. The van der Waals surface area contributed by atoms with Crippen molar-refractivity contribution in [2.45, 2.75) is 26.9 Å². The van der Waals surface area contributed by atoms with Gasteiger partial charge in [0.15, 0.2) is 6.10 Å². The van der Waals surface area contributed by atoms with Crippen molar-refractivity contribution >= 4 is 28.9 Å². The molecule has 0 spiro atoms. The number of rotatable bonds is 4. The van der Waals surface area contributed by atoms with Gasteiger partial charge in [-0.15, -0.1) is 0 Å². The van der Waals surface area contributed by atoms with Crippen molar-refractivity contribution in [1.82, 2.24) is 0 Å². The maximum atomic E-state index is 12.2. The van der Waals surface area contributed by atoms with Gasteiger partial charge < -0.3 is 15.8 Å². The molecule has 3 N–H and O–H groups in total. The summed E-state index contributed by atoms with van der Waals surface area (Å²) in [5.74, 6) is 0.491. The van der Waals surface area contributed by atoms with E-state index in [-0.39, 0.29) is 5.91 Å². The van der Waals surface area contributed by atoms with Crippen LogP contribution in [0, 0.1) is 13.8 Å². The Morgan fingerprint density at radius 2 is 1.86 bits per heavy atom. The van der Waals surface area contributed by atoms with E-state index in [0.717, 1.165) is 16.9 Å². The number of ether oxygens (including phenoxy) is 1. The van der Waals surface area contributed by atoms with Crippen LogP contribution in [0.5, 0.6) is 5.75 Å². The summed E-state index contributed by atoms with van der Waals surface area (Å²) in [5.41, 5.74) is 8.72. The van der Waals surface area contributed by atoms with E-state index in [1.807, 2.05) is 32.0 Å². The van der Waals surface area contributed by atoms with Crippen LogP contribution in [-0.4, -0.2) is 12.0 Å². The Morgan fingerprint density at radius 1 is 1.23 bits per heavy atom. The number of para-hydroxylation sites is 1. The topological polar surface area (TPSA) is 64.3 Å². The average molecular weight is 319 g/mol. The summed E-state index contributed by atoms with van der Waals surface area (Å²) in [5, 5.41) is 3.22. The molecular formula is C17H19ClN2O2. The minimum absolute atomic E-state index is 0.246. The average Bonchev–Trinajstić information content (AvgIpc) is 2.46. The first-order chi connectivity index (χ1) is 10.4. The fourth-order valence-corrected chi connectivity index (χ4v) is 2.20. The lowest BCUT2D eigenvalue weighted by atomic mass is 10.1. The summed E-state index contributed by atoms with van der Waals surface area (Å²) in [6.45, 7) is 5.61. The third-order valence-corrected chi connectivity index (χ3v) is 3.68. The molecule has 5 heteroatoms. The number of anilines is 2. The van der Waals surface area contributed by atoms with E-state index in [2.05, 4.69) is 5.32 Å². The van der Waals surface area contributed by atoms with Crippen LogP contribution in [0.25, 0.3) is 0 Å². The number of aryl methyl sites for hydroxylation is 2. The van der Waals surface area contributed by atoms with Gasteiger partial charge in [-0.1, -0.05) is 29.8 Å². The minimum atomic E-state index is -0.628. The Kier molecular flexibility index (Phi) is 4.93. The van der Waals surface area contributed by atoms with Crippen LogP contribution in [0.15, 0.2) is 36.4 Å². The van der Waals surface area contributed by atoms with Crippen LogP contribution in [0.3, 0.4) is 0 Å². The lowest BCUT2D eigenvalue weighted by Crippen LogP contribution is -2.30. The first-order valence-corrected chi connectivity index (χ1v) is 7.35. The second-order valence-corrected chi connectivity index (χ2v) is 5.61. The molecule has 0 aliphatic heterocycles. The molecule has 0 unspecified atom stereocenters. The number of hydrogen-bond donors (Lipinski definition) is 2. The van der Waals surface area contributed by atoms with E-state index in [4.69, 9.17) is 22.1 Å². The largest absolute Gasteiger partial charge is 0.480 e. The standard InChI is InChI=1S/C17H19ClN2O2/c1-10-5-4-6-11(2)16(10)22-12(3)17(21)20-13-7-8-14(18)15(19)9-13/h4-9,12H,19H2,1-3H3,(H,20,21)/t12-/m1/s1. The van der Waals surface area contributed by atoms with Crippen molar-refractivity contribution in [3.8, 4) is 5.75 Å². The summed E-state index contributed by atoms with van der Waals surface area (Å²) in [6.07, 6.45) is -0.628. The molecule has 1 atom stereocenters. The number of amides is 1. The zero-order valence-corrected chi connectivity index (χ0v) is 13.6. The highest BCUT2D eigenvalue weighted by atomic mass is 35.5. The van der Waals surface area contributed by atoms with Gasteiger partial charge in [-0.3, -0.25) is 4.79 Å². The normalized spacial score (nSPS) is 11.8. The number of nitrogen functional groups attached to an aromatic ring is 1. The molecule has 116 valence electrons. The van der Waals surface area contributed by atoms with Crippen LogP contribution in [0.4, 0.5) is 11.4 Å². The Bertz CT molecular complexity index is 681. The van der Waals surface area contributed by atoms with Gasteiger partial charge in [0.2, 0.25) is 0 Å². The van der Waals surface area contributed by atoms with Gasteiger partial charge in [-0.25, -0.2) is 0 Å². The molecule has 0 fully saturated rings. The van der Waals surface area contributed by atoms with E-state index in [9.17, 15) is 4.79 Å². The van der Waals surface area contributed by atoms with Crippen LogP contribution < -0.4 is 15.8 Å². The molecule has 4 nitrogen and oxygen atoms in total. The van der Waals surface area contributed by atoms with Gasteiger partial charge >= 0.3 is 0 Å². The quantitative estimate of drug-likeness (QED) is 0.839. The van der Waals surface area contributed by atoms with Crippen LogP contribution in [-0.2, 0) is 4.79 Å². The summed E-state index contributed by atoms with van der Waals surface area (Å²) >= 11 is 5.86. The van der Waals surface area contributed by atoms with E-state index >= 15 is 0 Å². The van der Waals surface area contributed by atoms with E-state index in [1.54, 1.807) is 25.1 Å². The Hall–Kier alpha value is -2.20. The summed E-state index contributed by atoms with van der Waals surface area (Å²) in [4.78, 5) is 12.2. The second kappa shape index (κ2) is 6.71. The molecule has 0 aliphatic rings. The fraction of sp³-hybridized carbons (Fsp3) is 0.235. The number of benzene rings is 2. The number of hydrogen-bond acceptors (Lipinski definition) is 3. The van der Waals surface area contributed by atoms with Crippen LogP contribution in [0.2, 0.25) is 5.02 Å². The first kappa shape index (κ1) is 16.2. The molecule has 2 aromatic rings. The highest BCUT2D eigenvalue weighted by molar-refractivity contribution is 6.33. The SMILES string of the molecule is Cc1cccc(C)c1O[C@H](C)C(=O)Nc1ccc(Cl)c(N)c1. The number of nitrogens with two attached hydrogens (primary N) is 1. The molecule has 0 aliphatic carbocycles.